The Morgan fingerprint density at radius 2 is 2.04 bits per heavy atom. The van der Waals surface area contributed by atoms with Gasteiger partial charge < -0.3 is 9.47 Å². The minimum absolute atomic E-state index is 0.00819. The van der Waals surface area contributed by atoms with Crippen molar-refractivity contribution < 1.29 is 17.9 Å². The van der Waals surface area contributed by atoms with Gasteiger partial charge in [-0.1, -0.05) is 18.2 Å². The van der Waals surface area contributed by atoms with Gasteiger partial charge in [0.15, 0.2) is 0 Å². The maximum absolute atomic E-state index is 12.5. The molecular weight excluding hydrogens is 352 g/mol. The summed E-state index contributed by atoms with van der Waals surface area (Å²) in [6.45, 7) is 3.10. The number of hydrogen-bond acceptors (Lipinski definition) is 5. The Hall–Kier alpha value is -1.15. The molecule has 146 valence electrons. The van der Waals surface area contributed by atoms with Crippen LogP contribution in [0.2, 0.25) is 0 Å². The standard InChI is InChI=1S/C19H30N2O4S/c1-24-19-9-3-2-8-17(19)18(21-11-4-5-12-21)15-20-26(22,23)14-10-16-7-6-13-25-16/h2-3,8-9,16,18,20H,4-7,10-15H2,1H3. The number of benzene rings is 1. The molecule has 0 aliphatic carbocycles. The minimum atomic E-state index is -3.32. The molecule has 0 spiro atoms. The molecule has 1 aromatic carbocycles. The number of sulfonamides is 1. The molecule has 0 bridgehead atoms. The fraction of sp³-hybridized carbons (Fsp3) is 0.684. The summed E-state index contributed by atoms with van der Waals surface area (Å²) in [5.74, 6) is 0.930. The van der Waals surface area contributed by atoms with Gasteiger partial charge in [-0.2, -0.15) is 0 Å². The van der Waals surface area contributed by atoms with Crippen LogP contribution >= 0.6 is 0 Å². The zero-order chi connectivity index (χ0) is 18.4. The second-order valence-electron chi connectivity index (χ2n) is 7.09. The smallest absolute Gasteiger partial charge is 0.211 e. The molecule has 1 N–H and O–H groups in total. The van der Waals surface area contributed by atoms with Crippen LogP contribution < -0.4 is 9.46 Å². The quantitative estimate of drug-likeness (QED) is 0.710. The Balaban J connectivity index is 1.65. The van der Waals surface area contributed by atoms with Crippen LogP contribution in [0.25, 0.3) is 0 Å². The molecule has 2 heterocycles. The van der Waals surface area contributed by atoms with Crippen LogP contribution in [-0.2, 0) is 14.8 Å². The summed E-state index contributed by atoms with van der Waals surface area (Å²) in [7, 11) is -1.66. The summed E-state index contributed by atoms with van der Waals surface area (Å²) in [6.07, 6.45) is 4.96. The number of ether oxygens (including phenoxy) is 2. The van der Waals surface area contributed by atoms with E-state index in [2.05, 4.69) is 9.62 Å². The second kappa shape index (κ2) is 9.17. The van der Waals surface area contributed by atoms with Crippen molar-refractivity contribution in [3.63, 3.8) is 0 Å². The molecule has 0 amide bonds. The summed E-state index contributed by atoms with van der Waals surface area (Å²) in [5, 5.41) is 0. The normalized spacial score (nSPS) is 22.6. The van der Waals surface area contributed by atoms with Gasteiger partial charge in [0.05, 0.1) is 25.0 Å². The summed E-state index contributed by atoms with van der Waals surface area (Å²) in [4.78, 5) is 2.35. The number of likely N-dealkylation sites (tertiary alicyclic amines) is 1. The number of nitrogens with zero attached hydrogens (tertiary/aromatic N) is 1. The average molecular weight is 383 g/mol. The fourth-order valence-electron chi connectivity index (χ4n) is 3.87. The van der Waals surface area contributed by atoms with Crippen LogP contribution in [0, 0.1) is 0 Å². The molecule has 26 heavy (non-hydrogen) atoms. The first-order valence-corrected chi connectivity index (χ1v) is 11.2. The van der Waals surface area contributed by atoms with Gasteiger partial charge in [0, 0.05) is 18.7 Å². The minimum Gasteiger partial charge on any atom is -0.496 e. The first kappa shape index (κ1) is 19.6. The molecule has 3 rings (SSSR count). The lowest BCUT2D eigenvalue weighted by molar-refractivity contribution is 0.108. The predicted octanol–water partition coefficient (Wildman–Crippen LogP) is 2.32. The van der Waals surface area contributed by atoms with Crippen molar-refractivity contribution in [1.82, 2.24) is 9.62 Å². The number of nitrogens with one attached hydrogen (secondary N) is 1. The zero-order valence-electron chi connectivity index (χ0n) is 15.5. The van der Waals surface area contributed by atoms with Crippen LogP contribution in [-0.4, -0.2) is 58.5 Å². The molecule has 2 atom stereocenters. The average Bonchev–Trinajstić information content (AvgIpc) is 3.35. The number of methoxy groups -OCH3 is 1. The largest absolute Gasteiger partial charge is 0.496 e. The molecule has 2 aliphatic rings. The highest BCUT2D eigenvalue weighted by Gasteiger charge is 2.27. The molecule has 2 saturated heterocycles. The van der Waals surface area contributed by atoms with Gasteiger partial charge in [0.2, 0.25) is 10.0 Å². The third-order valence-corrected chi connectivity index (χ3v) is 6.69. The monoisotopic (exact) mass is 382 g/mol. The van der Waals surface area contributed by atoms with Gasteiger partial charge in [-0.15, -0.1) is 0 Å². The van der Waals surface area contributed by atoms with E-state index >= 15 is 0 Å². The van der Waals surface area contributed by atoms with E-state index in [0.717, 1.165) is 56.7 Å². The molecule has 2 aliphatic heterocycles. The van der Waals surface area contributed by atoms with Gasteiger partial charge in [-0.05, 0) is 51.3 Å². The summed E-state index contributed by atoms with van der Waals surface area (Å²) in [6, 6.07) is 7.88. The van der Waals surface area contributed by atoms with Crippen molar-refractivity contribution in [1.29, 1.82) is 0 Å². The highest BCUT2D eigenvalue weighted by Crippen LogP contribution is 2.31. The summed E-state index contributed by atoms with van der Waals surface area (Å²) >= 11 is 0. The maximum Gasteiger partial charge on any atom is 0.211 e. The Morgan fingerprint density at radius 3 is 2.73 bits per heavy atom. The third-order valence-electron chi connectivity index (χ3n) is 5.31. The first-order chi connectivity index (χ1) is 12.6. The van der Waals surface area contributed by atoms with Gasteiger partial charge in [-0.3, -0.25) is 4.90 Å². The van der Waals surface area contributed by atoms with E-state index in [1.807, 2.05) is 24.3 Å². The Morgan fingerprint density at radius 1 is 1.27 bits per heavy atom. The molecule has 6 nitrogen and oxygen atoms in total. The number of rotatable bonds is 9. The zero-order valence-corrected chi connectivity index (χ0v) is 16.3. The Kier molecular flexibility index (Phi) is 6.92. The number of hydrogen-bond donors (Lipinski definition) is 1. The summed E-state index contributed by atoms with van der Waals surface area (Å²) in [5.41, 5.74) is 1.04. The molecule has 2 unspecified atom stereocenters. The third kappa shape index (κ3) is 5.19. The second-order valence-corrected chi connectivity index (χ2v) is 9.02. The molecule has 0 saturated carbocycles. The first-order valence-electron chi connectivity index (χ1n) is 9.55. The van der Waals surface area contributed by atoms with E-state index in [4.69, 9.17) is 9.47 Å². The van der Waals surface area contributed by atoms with Crippen LogP contribution in [0.15, 0.2) is 24.3 Å². The lowest BCUT2D eigenvalue weighted by Gasteiger charge is -2.29. The van der Waals surface area contributed by atoms with Crippen molar-refractivity contribution in [2.24, 2.45) is 0 Å². The highest BCUT2D eigenvalue weighted by molar-refractivity contribution is 7.89. The fourth-order valence-corrected chi connectivity index (χ4v) is 5.00. The van der Waals surface area contributed by atoms with Crippen molar-refractivity contribution >= 4 is 10.0 Å². The van der Waals surface area contributed by atoms with E-state index in [-0.39, 0.29) is 17.9 Å². The Labute approximate surface area is 156 Å². The number of para-hydroxylation sites is 1. The van der Waals surface area contributed by atoms with Gasteiger partial charge in [-0.25, -0.2) is 13.1 Å². The molecule has 0 aromatic heterocycles. The van der Waals surface area contributed by atoms with Crippen molar-refractivity contribution in [3.8, 4) is 5.75 Å². The van der Waals surface area contributed by atoms with Crippen LogP contribution in [0.3, 0.4) is 0 Å². The molecule has 7 heteroatoms. The maximum atomic E-state index is 12.5. The van der Waals surface area contributed by atoms with Gasteiger partial charge in [0.25, 0.3) is 0 Å². The molecular formula is C19H30N2O4S. The van der Waals surface area contributed by atoms with E-state index in [9.17, 15) is 8.42 Å². The van der Waals surface area contributed by atoms with Crippen LogP contribution in [0.5, 0.6) is 5.75 Å². The predicted molar refractivity (Wildman–Crippen MR) is 102 cm³/mol. The van der Waals surface area contributed by atoms with E-state index in [1.165, 1.54) is 0 Å². The van der Waals surface area contributed by atoms with Crippen LogP contribution in [0.1, 0.15) is 43.7 Å². The van der Waals surface area contributed by atoms with Gasteiger partial charge in [0.1, 0.15) is 5.75 Å². The lowest BCUT2D eigenvalue weighted by Crippen LogP contribution is -2.38. The highest BCUT2D eigenvalue weighted by atomic mass is 32.2. The van der Waals surface area contributed by atoms with E-state index < -0.39 is 10.0 Å². The lowest BCUT2D eigenvalue weighted by atomic mass is 10.0. The molecule has 2 fully saturated rings. The van der Waals surface area contributed by atoms with Crippen LogP contribution in [0.4, 0.5) is 0 Å². The Bertz CT molecular complexity index is 668. The van der Waals surface area contributed by atoms with Crippen molar-refractivity contribution in [2.45, 2.75) is 44.2 Å². The van der Waals surface area contributed by atoms with E-state index in [0.29, 0.717) is 13.0 Å². The van der Waals surface area contributed by atoms with Crippen molar-refractivity contribution in [3.05, 3.63) is 29.8 Å². The molecule has 0 radical (unpaired) electrons. The van der Waals surface area contributed by atoms with Crippen molar-refractivity contribution in [2.75, 3.05) is 39.1 Å². The molecule has 1 aromatic rings. The SMILES string of the molecule is COc1ccccc1C(CNS(=O)(=O)CCC1CCCO1)N1CCCC1. The topological polar surface area (TPSA) is 67.9 Å². The van der Waals surface area contributed by atoms with E-state index in [1.54, 1.807) is 7.11 Å². The summed E-state index contributed by atoms with van der Waals surface area (Å²) < 4.78 is 38.8. The van der Waals surface area contributed by atoms with Gasteiger partial charge >= 0.3 is 0 Å².